The molecule has 0 aliphatic carbocycles. The van der Waals surface area contributed by atoms with Crippen LogP contribution in [-0.2, 0) is 0 Å². The number of piperazine rings is 1. The van der Waals surface area contributed by atoms with Crippen molar-refractivity contribution in [2.45, 2.75) is 20.8 Å². The summed E-state index contributed by atoms with van der Waals surface area (Å²) < 4.78 is 0. The summed E-state index contributed by atoms with van der Waals surface area (Å²) in [5, 5.41) is 0. The molecule has 2 aromatic heterocycles. The Labute approximate surface area is 141 Å². The molecule has 1 amide bonds. The average molecular weight is 326 g/mol. The second kappa shape index (κ2) is 6.47. The highest BCUT2D eigenvalue weighted by atomic mass is 16.2. The second-order valence-corrected chi connectivity index (χ2v) is 6.24. The largest absolute Gasteiger partial charge is 0.362 e. The summed E-state index contributed by atoms with van der Waals surface area (Å²) in [6.45, 7) is 8.23. The normalized spacial score (nSPS) is 14.8. The van der Waals surface area contributed by atoms with Gasteiger partial charge in [-0.2, -0.15) is 0 Å². The molecule has 1 aliphatic rings. The van der Waals surface area contributed by atoms with Gasteiger partial charge >= 0.3 is 0 Å². The molecule has 0 saturated carbocycles. The van der Waals surface area contributed by atoms with Gasteiger partial charge in [0.25, 0.3) is 5.91 Å². The summed E-state index contributed by atoms with van der Waals surface area (Å²) in [4.78, 5) is 36.4. The van der Waals surface area contributed by atoms with E-state index in [0.29, 0.717) is 31.9 Å². The SMILES string of the molecule is Cc1cc(=O)c(C(=O)N2CCN(c3ncccc3C)CC2)c(C)[nH]1. The average Bonchev–Trinajstić information content (AvgIpc) is 2.54. The Hall–Kier alpha value is -2.63. The zero-order chi connectivity index (χ0) is 17.3. The van der Waals surface area contributed by atoms with Crippen LogP contribution in [0.3, 0.4) is 0 Å². The fourth-order valence-corrected chi connectivity index (χ4v) is 3.20. The third kappa shape index (κ3) is 3.04. The first kappa shape index (κ1) is 16.2. The lowest BCUT2D eigenvalue weighted by atomic mass is 10.1. The van der Waals surface area contributed by atoms with Gasteiger partial charge in [-0.05, 0) is 32.4 Å². The molecule has 6 heteroatoms. The number of aromatic nitrogens is 2. The Kier molecular flexibility index (Phi) is 4.38. The molecule has 126 valence electrons. The molecule has 0 radical (unpaired) electrons. The molecule has 1 saturated heterocycles. The maximum atomic E-state index is 12.7. The van der Waals surface area contributed by atoms with Crippen molar-refractivity contribution in [2.75, 3.05) is 31.1 Å². The molecule has 3 rings (SSSR count). The van der Waals surface area contributed by atoms with Crippen LogP contribution in [0.5, 0.6) is 0 Å². The van der Waals surface area contributed by atoms with E-state index in [9.17, 15) is 9.59 Å². The van der Waals surface area contributed by atoms with E-state index in [1.807, 2.05) is 26.0 Å². The molecular weight excluding hydrogens is 304 g/mol. The molecule has 1 N–H and O–H groups in total. The molecule has 0 aromatic carbocycles. The number of H-pyrrole nitrogens is 1. The highest BCUT2D eigenvalue weighted by Crippen LogP contribution is 2.18. The number of pyridine rings is 2. The van der Waals surface area contributed by atoms with Gasteiger partial charge < -0.3 is 14.8 Å². The highest BCUT2D eigenvalue weighted by Gasteiger charge is 2.26. The third-order valence-corrected chi connectivity index (χ3v) is 4.42. The lowest BCUT2D eigenvalue weighted by molar-refractivity contribution is 0.0744. The molecule has 0 atom stereocenters. The summed E-state index contributed by atoms with van der Waals surface area (Å²) in [5.74, 6) is 0.778. The first-order chi connectivity index (χ1) is 11.5. The maximum absolute atomic E-state index is 12.7. The quantitative estimate of drug-likeness (QED) is 0.911. The van der Waals surface area contributed by atoms with Crippen LogP contribution < -0.4 is 10.3 Å². The molecule has 3 heterocycles. The first-order valence-electron chi connectivity index (χ1n) is 8.13. The fraction of sp³-hybridized carbons (Fsp3) is 0.389. The number of carbonyl (C=O) groups excluding carboxylic acids is 1. The second-order valence-electron chi connectivity index (χ2n) is 6.24. The number of nitrogens with zero attached hydrogens (tertiary/aromatic N) is 3. The number of amides is 1. The molecule has 1 fully saturated rings. The van der Waals surface area contributed by atoms with Crippen molar-refractivity contribution in [1.29, 1.82) is 0 Å². The number of hydrogen-bond acceptors (Lipinski definition) is 4. The van der Waals surface area contributed by atoms with E-state index >= 15 is 0 Å². The van der Waals surface area contributed by atoms with Crippen molar-refractivity contribution in [1.82, 2.24) is 14.9 Å². The fourth-order valence-electron chi connectivity index (χ4n) is 3.20. The van der Waals surface area contributed by atoms with Crippen LogP contribution in [-0.4, -0.2) is 47.0 Å². The van der Waals surface area contributed by atoms with Crippen molar-refractivity contribution >= 4 is 11.7 Å². The minimum Gasteiger partial charge on any atom is -0.362 e. The maximum Gasteiger partial charge on any atom is 0.259 e. The van der Waals surface area contributed by atoms with E-state index in [1.54, 1.807) is 18.0 Å². The summed E-state index contributed by atoms with van der Waals surface area (Å²) in [6, 6.07) is 5.44. The van der Waals surface area contributed by atoms with Gasteiger partial charge in [0.1, 0.15) is 11.4 Å². The van der Waals surface area contributed by atoms with Crippen LogP contribution in [0.15, 0.2) is 29.2 Å². The van der Waals surface area contributed by atoms with Crippen molar-refractivity contribution < 1.29 is 4.79 Å². The number of anilines is 1. The van der Waals surface area contributed by atoms with Gasteiger partial charge in [0, 0.05) is 49.8 Å². The van der Waals surface area contributed by atoms with E-state index in [1.165, 1.54) is 6.07 Å². The Morgan fingerprint density at radius 3 is 2.50 bits per heavy atom. The lowest BCUT2D eigenvalue weighted by Crippen LogP contribution is -2.50. The standard InChI is InChI=1S/C18H22N4O2/c1-12-5-4-6-19-17(12)21-7-9-22(10-8-21)18(24)16-14(3)20-13(2)11-15(16)23/h4-6,11H,7-10H2,1-3H3,(H,20,23). The van der Waals surface area contributed by atoms with E-state index in [4.69, 9.17) is 0 Å². The topological polar surface area (TPSA) is 69.3 Å². The number of aromatic amines is 1. The number of rotatable bonds is 2. The zero-order valence-corrected chi connectivity index (χ0v) is 14.3. The number of nitrogens with one attached hydrogen (secondary N) is 1. The molecule has 1 aliphatic heterocycles. The minimum absolute atomic E-state index is 0.189. The monoisotopic (exact) mass is 326 g/mol. The van der Waals surface area contributed by atoms with E-state index in [-0.39, 0.29) is 16.9 Å². The molecule has 6 nitrogen and oxygen atoms in total. The smallest absolute Gasteiger partial charge is 0.259 e. The molecule has 0 bridgehead atoms. The van der Waals surface area contributed by atoms with Crippen molar-refractivity contribution in [2.24, 2.45) is 0 Å². The summed E-state index contributed by atoms with van der Waals surface area (Å²) in [7, 11) is 0. The van der Waals surface area contributed by atoms with E-state index in [2.05, 4.69) is 14.9 Å². The van der Waals surface area contributed by atoms with Crippen LogP contribution in [0.4, 0.5) is 5.82 Å². The van der Waals surface area contributed by atoms with E-state index < -0.39 is 0 Å². The predicted octanol–water partition coefficient (Wildman–Crippen LogP) is 1.66. The third-order valence-electron chi connectivity index (χ3n) is 4.42. The molecule has 2 aromatic rings. The van der Waals surface area contributed by atoms with Crippen molar-refractivity contribution in [3.63, 3.8) is 0 Å². The Morgan fingerprint density at radius 2 is 1.88 bits per heavy atom. The lowest BCUT2D eigenvalue weighted by Gasteiger charge is -2.36. The summed E-state index contributed by atoms with van der Waals surface area (Å²) >= 11 is 0. The van der Waals surface area contributed by atoms with Crippen LogP contribution in [0.1, 0.15) is 27.3 Å². The van der Waals surface area contributed by atoms with Crippen LogP contribution in [0.25, 0.3) is 0 Å². The molecular formula is C18H22N4O2. The number of hydrogen-bond donors (Lipinski definition) is 1. The predicted molar refractivity (Wildman–Crippen MR) is 93.6 cm³/mol. The first-order valence-corrected chi connectivity index (χ1v) is 8.13. The van der Waals surface area contributed by atoms with Gasteiger partial charge in [-0.3, -0.25) is 9.59 Å². The molecule has 24 heavy (non-hydrogen) atoms. The summed E-state index contributed by atoms with van der Waals surface area (Å²) in [6.07, 6.45) is 1.79. The minimum atomic E-state index is -0.211. The number of aryl methyl sites for hydroxylation is 3. The van der Waals surface area contributed by atoms with Gasteiger partial charge in [0.05, 0.1) is 0 Å². The zero-order valence-electron chi connectivity index (χ0n) is 14.3. The Bertz CT molecular complexity index is 820. The molecule has 0 unspecified atom stereocenters. The Balaban J connectivity index is 1.75. The van der Waals surface area contributed by atoms with Crippen molar-refractivity contribution in [3.05, 3.63) is 57.1 Å². The van der Waals surface area contributed by atoms with Crippen LogP contribution in [0.2, 0.25) is 0 Å². The highest BCUT2D eigenvalue weighted by molar-refractivity contribution is 5.95. The summed E-state index contributed by atoms with van der Waals surface area (Å²) in [5.41, 5.74) is 2.57. The number of carbonyl (C=O) groups is 1. The van der Waals surface area contributed by atoms with Gasteiger partial charge in [-0.25, -0.2) is 4.98 Å². The van der Waals surface area contributed by atoms with Gasteiger partial charge in [-0.1, -0.05) is 6.07 Å². The van der Waals surface area contributed by atoms with Gasteiger partial charge in [-0.15, -0.1) is 0 Å². The van der Waals surface area contributed by atoms with Crippen molar-refractivity contribution in [3.8, 4) is 0 Å². The van der Waals surface area contributed by atoms with Crippen LogP contribution in [0, 0.1) is 20.8 Å². The molecule has 0 spiro atoms. The van der Waals surface area contributed by atoms with Gasteiger partial charge in [0.2, 0.25) is 0 Å². The van der Waals surface area contributed by atoms with E-state index in [0.717, 1.165) is 17.1 Å². The van der Waals surface area contributed by atoms with Gasteiger partial charge in [0.15, 0.2) is 5.43 Å². The van der Waals surface area contributed by atoms with Crippen LogP contribution >= 0.6 is 0 Å². The Morgan fingerprint density at radius 1 is 1.17 bits per heavy atom.